The second-order valence-corrected chi connectivity index (χ2v) is 5.52. The van der Waals surface area contributed by atoms with Crippen molar-refractivity contribution in [3.8, 4) is 0 Å². The van der Waals surface area contributed by atoms with Gasteiger partial charge in [0.15, 0.2) is 0 Å². The fourth-order valence-electron chi connectivity index (χ4n) is 1.33. The molecule has 0 aliphatic carbocycles. The lowest BCUT2D eigenvalue weighted by atomic mass is 10.2. The molecular weight excluding hydrogens is 250 g/mol. The number of aromatic nitrogens is 2. The van der Waals surface area contributed by atoms with Crippen LogP contribution in [0.4, 0.5) is 0 Å². The molecule has 0 aliphatic rings. The quantitative estimate of drug-likeness (QED) is 0.917. The maximum atomic E-state index is 5.93. The van der Waals surface area contributed by atoms with Crippen molar-refractivity contribution in [1.82, 2.24) is 14.9 Å². The van der Waals surface area contributed by atoms with Gasteiger partial charge >= 0.3 is 0 Å². The highest BCUT2D eigenvalue weighted by Crippen LogP contribution is 2.31. The zero-order valence-corrected chi connectivity index (χ0v) is 10.5. The van der Waals surface area contributed by atoms with Crippen LogP contribution in [-0.4, -0.2) is 16.1 Å². The highest BCUT2D eigenvalue weighted by molar-refractivity contribution is 7.16. The average molecular weight is 260 g/mol. The highest BCUT2D eigenvalue weighted by Gasteiger charge is 2.16. The van der Waals surface area contributed by atoms with E-state index < -0.39 is 0 Å². The third-order valence-corrected chi connectivity index (χ3v) is 3.97. The molecule has 1 unspecified atom stereocenters. The van der Waals surface area contributed by atoms with Gasteiger partial charge < -0.3 is 5.32 Å². The summed E-state index contributed by atoms with van der Waals surface area (Å²) in [6.07, 6.45) is 1.80. The van der Waals surface area contributed by atoms with Crippen LogP contribution in [0.2, 0.25) is 4.34 Å². The highest BCUT2D eigenvalue weighted by atomic mass is 35.5. The van der Waals surface area contributed by atoms with Crippen LogP contribution in [0.1, 0.15) is 22.7 Å². The monoisotopic (exact) mass is 259 g/mol. The number of nitrogens with one attached hydrogen (secondary N) is 1. The molecule has 2 rings (SSSR count). The van der Waals surface area contributed by atoms with Crippen LogP contribution in [-0.2, 0) is 0 Å². The predicted octanol–water partition coefficient (Wildman–Crippen LogP) is 2.95. The smallest absolute Gasteiger partial charge is 0.0931 e. The van der Waals surface area contributed by atoms with E-state index in [4.69, 9.17) is 11.6 Å². The lowest BCUT2D eigenvalue weighted by molar-refractivity contribution is 0.647. The molecule has 0 amide bonds. The summed E-state index contributed by atoms with van der Waals surface area (Å²) >= 11 is 8.93. The van der Waals surface area contributed by atoms with Gasteiger partial charge in [0.05, 0.1) is 21.5 Å². The van der Waals surface area contributed by atoms with Crippen LogP contribution in [0.5, 0.6) is 0 Å². The number of rotatable bonds is 4. The largest absolute Gasteiger partial charge is 0.305 e. The molecule has 0 spiro atoms. The number of thiophene rings is 1. The van der Waals surface area contributed by atoms with E-state index in [0.717, 1.165) is 15.8 Å². The molecular formula is C9H10ClN3S2. The van der Waals surface area contributed by atoms with Crippen LogP contribution in [0.25, 0.3) is 0 Å². The number of hydrogen-bond acceptors (Lipinski definition) is 5. The Hall–Kier alpha value is -0.490. The second kappa shape index (κ2) is 5.03. The predicted molar refractivity (Wildman–Crippen MR) is 64.8 cm³/mol. The molecule has 0 saturated heterocycles. The maximum Gasteiger partial charge on any atom is 0.0931 e. The van der Waals surface area contributed by atoms with Crippen molar-refractivity contribution in [1.29, 1.82) is 0 Å². The van der Waals surface area contributed by atoms with Gasteiger partial charge in [-0.05, 0) is 30.2 Å². The van der Waals surface area contributed by atoms with Crippen LogP contribution >= 0.6 is 34.5 Å². The summed E-state index contributed by atoms with van der Waals surface area (Å²) < 4.78 is 4.69. The number of hydrogen-bond donors (Lipinski definition) is 1. The molecule has 2 aromatic heterocycles. The summed E-state index contributed by atoms with van der Waals surface area (Å²) in [6.45, 7) is 2.98. The first-order chi connectivity index (χ1) is 7.31. The topological polar surface area (TPSA) is 37.8 Å². The Kier molecular flexibility index (Phi) is 3.69. The molecule has 0 aliphatic heterocycles. The van der Waals surface area contributed by atoms with Crippen molar-refractivity contribution >= 4 is 34.5 Å². The molecule has 0 bridgehead atoms. The number of nitrogens with zero attached hydrogens (tertiary/aromatic N) is 2. The zero-order valence-electron chi connectivity index (χ0n) is 8.11. The lowest BCUT2D eigenvalue weighted by Gasteiger charge is -2.12. The Bertz CT molecular complexity index is 413. The number of halogens is 1. The zero-order chi connectivity index (χ0) is 10.7. The van der Waals surface area contributed by atoms with Crippen LogP contribution < -0.4 is 5.32 Å². The van der Waals surface area contributed by atoms with Crippen molar-refractivity contribution in [3.05, 3.63) is 32.4 Å². The average Bonchev–Trinajstić information content (AvgIpc) is 2.85. The van der Waals surface area contributed by atoms with Crippen LogP contribution in [0.15, 0.2) is 18.3 Å². The van der Waals surface area contributed by atoms with E-state index >= 15 is 0 Å². The summed E-state index contributed by atoms with van der Waals surface area (Å²) in [4.78, 5) is 2.32. The van der Waals surface area contributed by atoms with Gasteiger partial charge in [0.1, 0.15) is 0 Å². The molecule has 0 aromatic carbocycles. The van der Waals surface area contributed by atoms with Gasteiger partial charge in [-0.15, -0.1) is 16.4 Å². The minimum Gasteiger partial charge on any atom is -0.305 e. The Morgan fingerprint density at radius 1 is 1.47 bits per heavy atom. The van der Waals surface area contributed by atoms with Gasteiger partial charge in [0, 0.05) is 4.88 Å². The minimum absolute atomic E-state index is 0.174. The Morgan fingerprint density at radius 2 is 2.33 bits per heavy atom. The van der Waals surface area contributed by atoms with E-state index in [1.165, 1.54) is 16.4 Å². The van der Waals surface area contributed by atoms with E-state index in [1.807, 2.05) is 12.1 Å². The van der Waals surface area contributed by atoms with Gasteiger partial charge in [-0.25, -0.2) is 0 Å². The van der Waals surface area contributed by atoms with Crippen molar-refractivity contribution in [2.45, 2.75) is 13.0 Å². The van der Waals surface area contributed by atoms with Gasteiger partial charge in [-0.3, -0.25) is 0 Å². The van der Waals surface area contributed by atoms with E-state index in [0.29, 0.717) is 0 Å². The SMILES string of the molecule is CCNC(c1cnns1)c1ccc(Cl)s1. The molecule has 2 heterocycles. The first kappa shape index (κ1) is 11.0. The fourth-order valence-corrected chi connectivity index (χ4v) is 3.16. The summed E-state index contributed by atoms with van der Waals surface area (Å²) in [6, 6.07) is 4.13. The molecule has 80 valence electrons. The molecule has 1 N–H and O–H groups in total. The van der Waals surface area contributed by atoms with Crippen LogP contribution in [0, 0.1) is 0 Å². The van der Waals surface area contributed by atoms with Crippen molar-refractivity contribution in [2.75, 3.05) is 6.54 Å². The van der Waals surface area contributed by atoms with Gasteiger partial charge in [-0.2, -0.15) is 0 Å². The maximum absolute atomic E-state index is 5.93. The summed E-state index contributed by atoms with van der Waals surface area (Å²) in [7, 11) is 0. The Morgan fingerprint density at radius 3 is 2.87 bits per heavy atom. The van der Waals surface area contributed by atoms with Crippen molar-refractivity contribution in [2.24, 2.45) is 0 Å². The molecule has 2 aromatic rings. The normalized spacial score (nSPS) is 12.9. The molecule has 15 heavy (non-hydrogen) atoms. The van der Waals surface area contributed by atoms with Crippen molar-refractivity contribution < 1.29 is 0 Å². The first-order valence-corrected chi connectivity index (χ1v) is 6.54. The summed E-state index contributed by atoms with van der Waals surface area (Å²) in [5.74, 6) is 0. The van der Waals surface area contributed by atoms with E-state index in [9.17, 15) is 0 Å². The molecule has 6 heteroatoms. The van der Waals surface area contributed by atoms with Gasteiger partial charge in [-0.1, -0.05) is 23.0 Å². The minimum atomic E-state index is 0.174. The molecule has 0 fully saturated rings. The third-order valence-electron chi connectivity index (χ3n) is 1.95. The Labute approximate surface area is 101 Å². The van der Waals surface area contributed by atoms with Gasteiger partial charge in [0.2, 0.25) is 0 Å². The first-order valence-electron chi connectivity index (χ1n) is 4.57. The second-order valence-electron chi connectivity index (χ2n) is 2.95. The Balaban J connectivity index is 2.27. The lowest BCUT2D eigenvalue weighted by Crippen LogP contribution is -2.20. The molecule has 1 atom stereocenters. The summed E-state index contributed by atoms with van der Waals surface area (Å²) in [5.41, 5.74) is 0. The summed E-state index contributed by atoms with van der Waals surface area (Å²) in [5, 5.41) is 7.25. The van der Waals surface area contributed by atoms with Crippen LogP contribution in [0.3, 0.4) is 0 Å². The standard InChI is InChI=1S/C9H10ClN3S2/c1-2-11-9(7-5-12-13-15-7)6-3-4-8(10)14-6/h3-5,9,11H,2H2,1H3. The molecule has 0 radical (unpaired) electrons. The molecule has 0 saturated carbocycles. The van der Waals surface area contributed by atoms with Gasteiger partial charge in [0.25, 0.3) is 0 Å². The van der Waals surface area contributed by atoms with E-state index in [-0.39, 0.29) is 6.04 Å². The third kappa shape index (κ3) is 2.55. The fraction of sp³-hybridized carbons (Fsp3) is 0.333. The molecule has 3 nitrogen and oxygen atoms in total. The van der Waals surface area contributed by atoms with E-state index in [2.05, 4.69) is 21.8 Å². The van der Waals surface area contributed by atoms with Crippen molar-refractivity contribution in [3.63, 3.8) is 0 Å². The van der Waals surface area contributed by atoms with E-state index in [1.54, 1.807) is 17.5 Å².